The average molecular weight is 288 g/mol. The number of anilines is 1. The summed E-state index contributed by atoms with van der Waals surface area (Å²) in [5, 5.41) is 3.18. The number of hydrogen-bond acceptors (Lipinski definition) is 4. The predicted octanol–water partition coefficient (Wildman–Crippen LogP) is 2.58. The van der Waals surface area contributed by atoms with Gasteiger partial charge in [0.05, 0.1) is 5.02 Å². The molecule has 18 heavy (non-hydrogen) atoms. The molecule has 0 saturated heterocycles. The van der Waals surface area contributed by atoms with Crippen LogP contribution in [0.2, 0.25) is 5.02 Å². The van der Waals surface area contributed by atoms with Gasteiger partial charge in [0.2, 0.25) is 0 Å². The molecule has 3 N–H and O–H groups in total. The lowest BCUT2D eigenvalue weighted by Crippen LogP contribution is -2.33. The maximum Gasteiger partial charge on any atom is 0.271 e. The van der Waals surface area contributed by atoms with Crippen LogP contribution >= 0.6 is 23.4 Å². The highest BCUT2D eigenvalue weighted by atomic mass is 35.5. The van der Waals surface area contributed by atoms with E-state index < -0.39 is 0 Å². The number of hydrogen-bond donors (Lipinski definition) is 2. The lowest BCUT2D eigenvalue weighted by molar-refractivity contribution is 0.0935. The normalized spacial score (nSPS) is 12.2. The third kappa shape index (κ3) is 4.74. The van der Waals surface area contributed by atoms with E-state index in [9.17, 15) is 4.79 Å². The summed E-state index contributed by atoms with van der Waals surface area (Å²) in [7, 11) is 0. The van der Waals surface area contributed by atoms with Gasteiger partial charge in [-0.25, -0.2) is 4.98 Å². The van der Waals surface area contributed by atoms with E-state index in [1.54, 1.807) is 12.1 Å². The van der Waals surface area contributed by atoms with Crippen molar-refractivity contribution < 1.29 is 4.79 Å². The van der Waals surface area contributed by atoms with Crippen molar-refractivity contribution in [2.75, 3.05) is 17.2 Å². The molecule has 0 saturated carbocycles. The molecule has 0 spiro atoms. The SMILES string of the molecule is CCSCCC(C)NC(=O)c1nc(N)ccc1Cl. The quantitative estimate of drug-likeness (QED) is 0.789. The van der Waals surface area contributed by atoms with Crippen molar-refractivity contribution in [2.24, 2.45) is 0 Å². The van der Waals surface area contributed by atoms with Crippen LogP contribution in [0.4, 0.5) is 5.82 Å². The molecular formula is C12H18ClN3OS. The third-order valence-corrected chi connectivity index (χ3v) is 3.60. The molecule has 0 aliphatic heterocycles. The molecule has 1 heterocycles. The summed E-state index contributed by atoms with van der Waals surface area (Å²) >= 11 is 7.77. The fraction of sp³-hybridized carbons (Fsp3) is 0.500. The smallest absolute Gasteiger partial charge is 0.271 e. The van der Waals surface area contributed by atoms with Crippen LogP contribution in [0.5, 0.6) is 0 Å². The minimum Gasteiger partial charge on any atom is -0.384 e. The molecule has 0 radical (unpaired) electrons. The number of aromatic nitrogens is 1. The number of nitrogens with one attached hydrogen (secondary N) is 1. The van der Waals surface area contributed by atoms with Gasteiger partial charge in [0.15, 0.2) is 0 Å². The largest absolute Gasteiger partial charge is 0.384 e. The summed E-state index contributed by atoms with van der Waals surface area (Å²) < 4.78 is 0. The van der Waals surface area contributed by atoms with Crippen LogP contribution in [-0.2, 0) is 0 Å². The molecule has 6 heteroatoms. The Labute approximate surface area is 117 Å². The summed E-state index contributed by atoms with van der Waals surface area (Å²) in [5.74, 6) is 2.12. The van der Waals surface area contributed by atoms with Crippen LogP contribution < -0.4 is 11.1 Å². The first kappa shape index (κ1) is 15.1. The molecule has 0 bridgehead atoms. The van der Waals surface area contributed by atoms with Gasteiger partial charge in [-0.1, -0.05) is 18.5 Å². The van der Waals surface area contributed by atoms with Gasteiger partial charge >= 0.3 is 0 Å². The number of nitrogens with zero attached hydrogens (tertiary/aromatic N) is 1. The number of thioether (sulfide) groups is 1. The molecule has 1 aromatic rings. The van der Waals surface area contributed by atoms with Gasteiger partial charge in [0.1, 0.15) is 11.5 Å². The molecule has 1 rings (SSSR count). The van der Waals surface area contributed by atoms with Gasteiger partial charge < -0.3 is 11.1 Å². The zero-order valence-electron chi connectivity index (χ0n) is 10.6. The van der Waals surface area contributed by atoms with Gasteiger partial charge in [-0.2, -0.15) is 11.8 Å². The van der Waals surface area contributed by atoms with Crippen molar-refractivity contribution in [1.82, 2.24) is 10.3 Å². The maximum absolute atomic E-state index is 11.9. The summed E-state index contributed by atoms with van der Waals surface area (Å²) in [6.07, 6.45) is 0.921. The molecule has 1 amide bonds. The monoisotopic (exact) mass is 287 g/mol. The van der Waals surface area contributed by atoms with E-state index in [2.05, 4.69) is 17.2 Å². The van der Waals surface area contributed by atoms with Crippen molar-refractivity contribution in [3.8, 4) is 0 Å². The number of carbonyl (C=O) groups excluding carboxylic acids is 1. The van der Waals surface area contributed by atoms with E-state index in [-0.39, 0.29) is 17.6 Å². The van der Waals surface area contributed by atoms with E-state index in [1.807, 2.05) is 18.7 Å². The number of nitrogen functional groups attached to an aromatic ring is 1. The van der Waals surface area contributed by atoms with Crippen molar-refractivity contribution in [1.29, 1.82) is 0 Å². The molecule has 1 aromatic heterocycles. The van der Waals surface area contributed by atoms with Crippen molar-refractivity contribution >= 4 is 35.1 Å². The highest BCUT2D eigenvalue weighted by molar-refractivity contribution is 7.99. The van der Waals surface area contributed by atoms with Crippen LogP contribution in [0.15, 0.2) is 12.1 Å². The molecule has 100 valence electrons. The molecular weight excluding hydrogens is 270 g/mol. The first-order valence-electron chi connectivity index (χ1n) is 5.85. The van der Waals surface area contributed by atoms with Crippen LogP contribution in [-0.4, -0.2) is 28.4 Å². The molecule has 0 aliphatic rings. The summed E-state index contributed by atoms with van der Waals surface area (Å²) in [6, 6.07) is 3.24. The van der Waals surface area contributed by atoms with Gasteiger partial charge in [-0.15, -0.1) is 0 Å². The number of rotatable bonds is 6. The Bertz CT molecular complexity index is 414. The second-order valence-electron chi connectivity index (χ2n) is 3.93. The predicted molar refractivity (Wildman–Crippen MR) is 78.2 cm³/mol. The van der Waals surface area contributed by atoms with Gasteiger partial charge in [0, 0.05) is 6.04 Å². The maximum atomic E-state index is 11.9. The van der Waals surface area contributed by atoms with Gasteiger partial charge in [-0.3, -0.25) is 4.79 Å². The van der Waals surface area contributed by atoms with Crippen LogP contribution in [0.25, 0.3) is 0 Å². The molecule has 0 aromatic carbocycles. The van der Waals surface area contributed by atoms with Gasteiger partial charge in [-0.05, 0) is 37.0 Å². The number of nitrogens with two attached hydrogens (primary N) is 1. The topological polar surface area (TPSA) is 68.0 Å². The lowest BCUT2D eigenvalue weighted by Gasteiger charge is -2.13. The van der Waals surface area contributed by atoms with Crippen LogP contribution in [0.1, 0.15) is 30.8 Å². The molecule has 0 aliphatic carbocycles. The molecule has 4 nitrogen and oxygen atoms in total. The van der Waals surface area contributed by atoms with E-state index >= 15 is 0 Å². The third-order valence-electron chi connectivity index (χ3n) is 2.36. The Morgan fingerprint density at radius 1 is 1.61 bits per heavy atom. The zero-order chi connectivity index (χ0) is 13.5. The fourth-order valence-electron chi connectivity index (χ4n) is 1.39. The Morgan fingerprint density at radius 2 is 2.33 bits per heavy atom. The van der Waals surface area contributed by atoms with Crippen LogP contribution in [0, 0.1) is 0 Å². The average Bonchev–Trinajstić information content (AvgIpc) is 2.32. The first-order valence-corrected chi connectivity index (χ1v) is 7.38. The Kier molecular flexibility index (Phi) is 6.29. The Balaban J connectivity index is 2.56. The highest BCUT2D eigenvalue weighted by Crippen LogP contribution is 2.15. The van der Waals surface area contributed by atoms with Crippen molar-refractivity contribution in [3.63, 3.8) is 0 Å². The van der Waals surface area contributed by atoms with E-state index in [1.165, 1.54) is 0 Å². The Hall–Kier alpha value is -0.940. The van der Waals surface area contributed by atoms with Crippen molar-refractivity contribution in [3.05, 3.63) is 22.8 Å². The second kappa shape index (κ2) is 7.48. The zero-order valence-corrected chi connectivity index (χ0v) is 12.1. The minimum absolute atomic E-state index is 0.0934. The van der Waals surface area contributed by atoms with E-state index in [0.29, 0.717) is 10.8 Å². The first-order chi connectivity index (χ1) is 8.54. The molecule has 1 unspecified atom stereocenters. The highest BCUT2D eigenvalue weighted by Gasteiger charge is 2.14. The molecule has 0 fully saturated rings. The number of amides is 1. The fourth-order valence-corrected chi connectivity index (χ4v) is 2.39. The Morgan fingerprint density at radius 3 is 3.00 bits per heavy atom. The minimum atomic E-state index is -0.277. The number of carbonyl (C=O) groups is 1. The summed E-state index contributed by atoms with van der Waals surface area (Å²) in [6.45, 7) is 4.08. The van der Waals surface area contributed by atoms with Gasteiger partial charge in [0.25, 0.3) is 5.91 Å². The van der Waals surface area contributed by atoms with Crippen molar-refractivity contribution in [2.45, 2.75) is 26.3 Å². The van der Waals surface area contributed by atoms with E-state index in [0.717, 1.165) is 17.9 Å². The number of pyridine rings is 1. The number of halogens is 1. The van der Waals surface area contributed by atoms with Crippen LogP contribution in [0.3, 0.4) is 0 Å². The van der Waals surface area contributed by atoms with E-state index in [4.69, 9.17) is 17.3 Å². The molecule has 1 atom stereocenters. The second-order valence-corrected chi connectivity index (χ2v) is 5.73. The standard InChI is InChI=1S/C12H18ClN3OS/c1-3-18-7-6-8(2)15-12(17)11-9(13)4-5-10(14)16-11/h4-5,8H,3,6-7H2,1-2H3,(H2,14,16)(H,15,17). The summed E-state index contributed by atoms with van der Waals surface area (Å²) in [5.41, 5.74) is 5.73. The summed E-state index contributed by atoms with van der Waals surface area (Å²) in [4.78, 5) is 15.9. The lowest BCUT2D eigenvalue weighted by atomic mass is 10.2.